The van der Waals surface area contributed by atoms with Crippen LogP contribution in [0.4, 0.5) is 0 Å². The summed E-state index contributed by atoms with van der Waals surface area (Å²) in [5.74, 6) is 0.0965. The molecule has 0 bridgehead atoms. The number of hydrogen-bond acceptors (Lipinski definition) is 6. The highest BCUT2D eigenvalue weighted by Crippen LogP contribution is 2.21. The van der Waals surface area contributed by atoms with Crippen LogP contribution in [0.3, 0.4) is 0 Å². The molecule has 0 spiro atoms. The molecule has 1 fully saturated rings. The number of carbonyl (C=O) groups is 2. The van der Waals surface area contributed by atoms with Gasteiger partial charge in [-0.05, 0) is 31.5 Å². The molecule has 1 aromatic rings. The molecule has 1 aliphatic rings. The van der Waals surface area contributed by atoms with Crippen LogP contribution in [0.5, 0.6) is 0 Å². The van der Waals surface area contributed by atoms with Crippen molar-refractivity contribution in [2.75, 3.05) is 20.8 Å². The van der Waals surface area contributed by atoms with Crippen LogP contribution in [0.1, 0.15) is 35.6 Å². The standard InChI is InChI=1S/C14H19NO5/c1-18-13(16)11-5-3-4-8-15(11)9-10-6-7-12(20-10)14(17)19-2/h6-7,11H,3-5,8-9H2,1-2H3/t11-/m1/s1. The van der Waals surface area contributed by atoms with Crippen LogP contribution < -0.4 is 0 Å². The van der Waals surface area contributed by atoms with E-state index in [1.54, 1.807) is 12.1 Å². The molecule has 0 N–H and O–H groups in total. The third-order valence-electron chi connectivity index (χ3n) is 3.49. The van der Waals surface area contributed by atoms with Crippen molar-refractivity contribution in [3.8, 4) is 0 Å². The number of furan rings is 1. The van der Waals surface area contributed by atoms with E-state index in [9.17, 15) is 9.59 Å². The Bertz CT molecular complexity index is 482. The Labute approximate surface area is 117 Å². The lowest BCUT2D eigenvalue weighted by Crippen LogP contribution is -2.44. The fourth-order valence-corrected chi connectivity index (χ4v) is 2.46. The molecule has 1 aromatic heterocycles. The van der Waals surface area contributed by atoms with Crippen LogP contribution in [0, 0.1) is 0 Å². The van der Waals surface area contributed by atoms with E-state index < -0.39 is 5.97 Å². The zero-order valence-electron chi connectivity index (χ0n) is 11.8. The van der Waals surface area contributed by atoms with Gasteiger partial charge in [0.1, 0.15) is 11.8 Å². The van der Waals surface area contributed by atoms with Crippen molar-refractivity contribution in [2.24, 2.45) is 0 Å². The van der Waals surface area contributed by atoms with Gasteiger partial charge in [-0.15, -0.1) is 0 Å². The maximum Gasteiger partial charge on any atom is 0.373 e. The molecule has 0 aromatic carbocycles. The minimum absolute atomic E-state index is 0.175. The third-order valence-corrected chi connectivity index (χ3v) is 3.49. The summed E-state index contributed by atoms with van der Waals surface area (Å²) in [6.45, 7) is 1.30. The van der Waals surface area contributed by atoms with Gasteiger partial charge in [-0.2, -0.15) is 0 Å². The molecular weight excluding hydrogens is 262 g/mol. The second-order valence-corrected chi connectivity index (χ2v) is 4.76. The smallest absolute Gasteiger partial charge is 0.373 e. The lowest BCUT2D eigenvalue weighted by Gasteiger charge is -2.32. The summed E-state index contributed by atoms with van der Waals surface area (Å²) in [5, 5.41) is 0. The summed E-state index contributed by atoms with van der Waals surface area (Å²) in [5.41, 5.74) is 0. The fraction of sp³-hybridized carbons (Fsp3) is 0.571. The van der Waals surface area contributed by atoms with Gasteiger partial charge >= 0.3 is 11.9 Å². The first-order valence-electron chi connectivity index (χ1n) is 6.64. The number of methoxy groups -OCH3 is 2. The molecule has 6 heteroatoms. The Kier molecular flexibility index (Phi) is 4.79. The summed E-state index contributed by atoms with van der Waals surface area (Å²) >= 11 is 0. The summed E-state index contributed by atoms with van der Waals surface area (Å²) in [6.07, 6.45) is 2.84. The molecule has 6 nitrogen and oxygen atoms in total. The topological polar surface area (TPSA) is 69.0 Å². The van der Waals surface area contributed by atoms with E-state index >= 15 is 0 Å². The lowest BCUT2D eigenvalue weighted by atomic mass is 10.0. The zero-order chi connectivity index (χ0) is 14.5. The van der Waals surface area contributed by atoms with Gasteiger partial charge in [0.25, 0.3) is 0 Å². The molecule has 0 radical (unpaired) electrons. The lowest BCUT2D eigenvalue weighted by molar-refractivity contribution is -0.148. The maximum absolute atomic E-state index is 11.8. The van der Waals surface area contributed by atoms with Crippen molar-refractivity contribution in [1.29, 1.82) is 0 Å². The number of piperidine rings is 1. The van der Waals surface area contributed by atoms with Crippen LogP contribution in [0.2, 0.25) is 0 Å². The Morgan fingerprint density at radius 2 is 2.10 bits per heavy atom. The summed E-state index contributed by atoms with van der Waals surface area (Å²) in [6, 6.07) is 3.08. The van der Waals surface area contributed by atoms with E-state index in [4.69, 9.17) is 9.15 Å². The summed E-state index contributed by atoms with van der Waals surface area (Å²) in [4.78, 5) is 25.1. The van der Waals surface area contributed by atoms with Gasteiger partial charge in [0, 0.05) is 0 Å². The van der Waals surface area contributed by atoms with E-state index in [-0.39, 0.29) is 17.8 Å². The van der Waals surface area contributed by atoms with Crippen molar-refractivity contribution >= 4 is 11.9 Å². The molecule has 0 saturated carbocycles. The Balaban J connectivity index is 2.05. The van der Waals surface area contributed by atoms with E-state index in [0.717, 1.165) is 25.8 Å². The third kappa shape index (κ3) is 3.19. The van der Waals surface area contributed by atoms with E-state index in [1.165, 1.54) is 14.2 Å². The minimum Gasteiger partial charge on any atom is -0.468 e. The number of hydrogen-bond donors (Lipinski definition) is 0. The Morgan fingerprint density at radius 3 is 2.80 bits per heavy atom. The first-order chi connectivity index (χ1) is 9.65. The summed E-state index contributed by atoms with van der Waals surface area (Å²) in [7, 11) is 2.71. The maximum atomic E-state index is 11.8. The van der Waals surface area contributed by atoms with Gasteiger partial charge in [-0.3, -0.25) is 9.69 Å². The Morgan fingerprint density at radius 1 is 1.30 bits per heavy atom. The van der Waals surface area contributed by atoms with E-state index in [0.29, 0.717) is 12.3 Å². The SMILES string of the molecule is COC(=O)c1ccc(CN2CCCC[C@@H]2C(=O)OC)o1. The highest BCUT2D eigenvalue weighted by Gasteiger charge is 2.30. The predicted molar refractivity (Wildman–Crippen MR) is 70.1 cm³/mol. The second-order valence-electron chi connectivity index (χ2n) is 4.76. The molecule has 20 heavy (non-hydrogen) atoms. The molecular formula is C14H19NO5. The van der Waals surface area contributed by atoms with Crippen molar-refractivity contribution in [3.63, 3.8) is 0 Å². The second kappa shape index (κ2) is 6.56. The molecule has 0 amide bonds. The highest BCUT2D eigenvalue weighted by molar-refractivity contribution is 5.86. The molecule has 1 atom stereocenters. The number of nitrogens with zero attached hydrogens (tertiary/aromatic N) is 1. The first-order valence-corrected chi connectivity index (χ1v) is 6.64. The highest BCUT2D eigenvalue weighted by atomic mass is 16.5. The Hall–Kier alpha value is -1.82. The normalized spacial score (nSPS) is 19.6. The molecule has 2 rings (SSSR count). The number of ether oxygens (including phenoxy) is 2. The van der Waals surface area contributed by atoms with Crippen molar-refractivity contribution in [1.82, 2.24) is 4.90 Å². The fourth-order valence-electron chi connectivity index (χ4n) is 2.46. The van der Waals surface area contributed by atoms with E-state index in [1.807, 2.05) is 4.90 Å². The molecule has 1 saturated heterocycles. The number of likely N-dealkylation sites (tertiary alicyclic amines) is 1. The van der Waals surface area contributed by atoms with Crippen LogP contribution in [-0.4, -0.2) is 43.6 Å². The molecule has 110 valence electrons. The van der Waals surface area contributed by atoms with Crippen LogP contribution in [0.25, 0.3) is 0 Å². The van der Waals surface area contributed by atoms with Gasteiger partial charge in [0.05, 0.1) is 20.8 Å². The van der Waals surface area contributed by atoms with Gasteiger partial charge in [0.2, 0.25) is 5.76 Å². The average Bonchev–Trinajstić information content (AvgIpc) is 2.94. The minimum atomic E-state index is -0.501. The van der Waals surface area contributed by atoms with Crippen LogP contribution in [-0.2, 0) is 20.8 Å². The van der Waals surface area contributed by atoms with Gasteiger partial charge < -0.3 is 13.9 Å². The van der Waals surface area contributed by atoms with Gasteiger partial charge in [-0.1, -0.05) is 6.42 Å². The predicted octanol–water partition coefficient (Wildman–Crippen LogP) is 1.59. The average molecular weight is 281 g/mol. The zero-order valence-corrected chi connectivity index (χ0v) is 11.8. The van der Waals surface area contributed by atoms with Crippen molar-refractivity contribution in [2.45, 2.75) is 31.8 Å². The number of esters is 2. The van der Waals surface area contributed by atoms with Crippen molar-refractivity contribution < 1.29 is 23.5 Å². The molecule has 1 aliphatic heterocycles. The monoisotopic (exact) mass is 281 g/mol. The van der Waals surface area contributed by atoms with Crippen LogP contribution >= 0.6 is 0 Å². The van der Waals surface area contributed by atoms with Crippen LogP contribution in [0.15, 0.2) is 16.5 Å². The molecule has 0 aliphatic carbocycles. The van der Waals surface area contributed by atoms with E-state index in [2.05, 4.69) is 4.74 Å². The number of carbonyl (C=O) groups excluding carboxylic acids is 2. The van der Waals surface area contributed by atoms with Gasteiger partial charge in [0.15, 0.2) is 0 Å². The summed E-state index contributed by atoms with van der Waals surface area (Å²) < 4.78 is 14.9. The van der Waals surface area contributed by atoms with Gasteiger partial charge in [-0.25, -0.2) is 4.79 Å². The largest absolute Gasteiger partial charge is 0.468 e. The quantitative estimate of drug-likeness (QED) is 0.781. The number of rotatable bonds is 4. The first kappa shape index (κ1) is 14.6. The van der Waals surface area contributed by atoms with Crippen molar-refractivity contribution in [3.05, 3.63) is 23.7 Å². The molecule has 0 unspecified atom stereocenters. The molecule has 2 heterocycles.